The molecule has 9 aliphatic rings. The molecule has 1 spiro atoms. The van der Waals surface area contributed by atoms with Crippen LogP contribution in [0.5, 0.6) is 0 Å². The smallest absolute Gasteiger partial charge is 0.187 e. The zero-order chi connectivity index (χ0) is 43.5. The summed E-state index contributed by atoms with van der Waals surface area (Å²) >= 11 is 0. The number of fused-ring (bicyclic) bond motifs is 7. The van der Waals surface area contributed by atoms with Crippen molar-refractivity contribution in [3.05, 3.63) is 11.6 Å². The SMILES string of the molecule is C[C@@H]1CC[C@@]2(NC1)O[C@H]1C[C@H]3[C@@H]4CC=C5C[C@@H](O[C@@H]6O[C@H](CO)[C@@H](O[C@@H]7O[C@@H](C)[C@H](O)[C@@H](O)[C@H]7O)[C@H](O)[C@H]6O[C@@H]6O[C@@H](C)[C@H](O)[C@@H](O)[C@H]6O)CC[C@@]5(C)[C@H]4CC[C@@]3(C)[C@H]1[C@@H]2C. The molecule has 348 valence electrons. The molecule has 0 unspecified atom stereocenters. The zero-order valence-corrected chi connectivity index (χ0v) is 36.6. The van der Waals surface area contributed by atoms with Gasteiger partial charge in [-0.3, -0.25) is 5.32 Å². The molecule has 9 N–H and O–H groups in total. The summed E-state index contributed by atoms with van der Waals surface area (Å²) < 4.78 is 43.7. The summed E-state index contributed by atoms with van der Waals surface area (Å²) in [4.78, 5) is 0. The van der Waals surface area contributed by atoms with Gasteiger partial charge in [-0.1, -0.05) is 39.3 Å². The first-order valence-electron chi connectivity index (χ1n) is 23.3. The number of aliphatic hydroxyl groups excluding tert-OH is 8. The first-order chi connectivity index (χ1) is 28.9. The summed E-state index contributed by atoms with van der Waals surface area (Å²) in [6, 6.07) is 0. The van der Waals surface area contributed by atoms with E-state index in [0.717, 1.165) is 32.2 Å². The summed E-state index contributed by atoms with van der Waals surface area (Å²) in [6.07, 6.45) is -9.93. The third-order valence-electron chi connectivity index (χ3n) is 17.9. The summed E-state index contributed by atoms with van der Waals surface area (Å²) in [7, 11) is 0. The Labute approximate surface area is 359 Å². The highest BCUT2D eigenvalue weighted by Crippen LogP contribution is 2.70. The lowest BCUT2D eigenvalue weighted by Gasteiger charge is -2.59. The van der Waals surface area contributed by atoms with Crippen LogP contribution in [-0.4, -0.2) is 164 Å². The third-order valence-corrected chi connectivity index (χ3v) is 17.9. The Morgan fingerprint density at radius 2 is 1.36 bits per heavy atom. The molecule has 0 aromatic heterocycles. The lowest BCUT2D eigenvalue weighted by Crippen LogP contribution is -2.66. The lowest BCUT2D eigenvalue weighted by molar-refractivity contribution is -0.388. The van der Waals surface area contributed by atoms with Crippen molar-refractivity contribution in [2.45, 2.75) is 209 Å². The first-order valence-corrected chi connectivity index (χ1v) is 23.3. The number of hydrogen-bond acceptors (Lipinski definition) is 16. The van der Waals surface area contributed by atoms with E-state index in [1.807, 2.05) is 0 Å². The van der Waals surface area contributed by atoms with Crippen molar-refractivity contribution >= 4 is 0 Å². The van der Waals surface area contributed by atoms with Gasteiger partial charge in [0.05, 0.1) is 31.0 Å². The van der Waals surface area contributed by atoms with Gasteiger partial charge in [0.1, 0.15) is 66.8 Å². The van der Waals surface area contributed by atoms with E-state index >= 15 is 0 Å². The Kier molecular flexibility index (Phi) is 12.4. The molecule has 0 aromatic rings. The van der Waals surface area contributed by atoms with Crippen LogP contribution in [0.25, 0.3) is 0 Å². The van der Waals surface area contributed by atoms with Crippen molar-refractivity contribution in [1.29, 1.82) is 0 Å². The van der Waals surface area contributed by atoms with Crippen LogP contribution in [0.4, 0.5) is 0 Å². The maximum atomic E-state index is 12.0. The molecule has 3 saturated carbocycles. The average Bonchev–Trinajstić information content (AvgIpc) is 3.69. The second kappa shape index (κ2) is 16.8. The van der Waals surface area contributed by atoms with E-state index in [4.69, 9.17) is 33.2 Å². The highest BCUT2D eigenvalue weighted by molar-refractivity contribution is 5.26. The van der Waals surface area contributed by atoms with E-state index in [2.05, 4.69) is 39.1 Å². The summed E-state index contributed by atoms with van der Waals surface area (Å²) in [5, 5.41) is 89.8. The van der Waals surface area contributed by atoms with E-state index in [1.165, 1.54) is 38.7 Å². The highest BCUT2D eigenvalue weighted by atomic mass is 16.8. The number of rotatable bonds is 7. The van der Waals surface area contributed by atoms with Crippen molar-refractivity contribution in [1.82, 2.24) is 5.32 Å². The monoisotopic (exact) mass is 867 g/mol. The average molecular weight is 868 g/mol. The fourth-order valence-corrected chi connectivity index (χ4v) is 14.2. The Balaban J connectivity index is 0.916. The zero-order valence-electron chi connectivity index (χ0n) is 36.6. The minimum absolute atomic E-state index is 0.00472. The lowest BCUT2D eigenvalue weighted by atomic mass is 9.47. The fourth-order valence-electron chi connectivity index (χ4n) is 14.2. The number of aliphatic hydroxyl groups is 8. The van der Waals surface area contributed by atoms with Gasteiger partial charge in [-0.15, -0.1) is 0 Å². The van der Waals surface area contributed by atoms with Crippen LogP contribution in [-0.2, 0) is 33.2 Å². The van der Waals surface area contributed by atoms with Crippen molar-refractivity contribution in [2.75, 3.05) is 13.2 Å². The first kappa shape index (κ1) is 45.3. The van der Waals surface area contributed by atoms with Gasteiger partial charge in [-0.25, -0.2) is 0 Å². The van der Waals surface area contributed by atoms with E-state index in [1.54, 1.807) is 0 Å². The molecule has 0 bridgehead atoms. The van der Waals surface area contributed by atoms with Crippen molar-refractivity contribution < 1.29 is 74.0 Å². The molecule has 0 amide bonds. The predicted octanol–water partition coefficient (Wildman–Crippen LogP) is 0.815. The largest absolute Gasteiger partial charge is 0.394 e. The van der Waals surface area contributed by atoms with E-state index < -0.39 is 98.7 Å². The van der Waals surface area contributed by atoms with E-state index in [0.29, 0.717) is 54.5 Å². The van der Waals surface area contributed by atoms with Crippen LogP contribution >= 0.6 is 0 Å². The van der Waals surface area contributed by atoms with Crippen LogP contribution in [0.2, 0.25) is 0 Å². The van der Waals surface area contributed by atoms with Crippen LogP contribution in [0.15, 0.2) is 11.6 Å². The molecule has 26 atom stereocenters. The van der Waals surface area contributed by atoms with Crippen LogP contribution in [0, 0.1) is 46.3 Å². The molecule has 5 aliphatic heterocycles. The normalized spacial score (nSPS) is 58.4. The van der Waals surface area contributed by atoms with Crippen molar-refractivity contribution in [3.8, 4) is 0 Å². The summed E-state index contributed by atoms with van der Waals surface area (Å²) in [5.74, 6) is 3.43. The molecule has 16 nitrogen and oxygen atoms in total. The Morgan fingerprint density at radius 1 is 0.705 bits per heavy atom. The van der Waals surface area contributed by atoms with Crippen LogP contribution < -0.4 is 5.32 Å². The maximum Gasteiger partial charge on any atom is 0.187 e. The number of nitrogens with one attached hydrogen (secondary N) is 1. The molecule has 0 radical (unpaired) electrons. The quantitative estimate of drug-likeness (QED) is 0.161. The Morgan fingerprint density at radius 3 is 1.98 bits per heavy atom. The van der Waals surface area contributed by atoms with Gasteiger partial charge in [0.2, 0.25) is 0 Å². The van der Waals surface area contributed by atoms with E-state index in [-0.39, 0.29) is 22.7 Å². The van der Waals surface area contributed by atoms with Gasteiger partial charge >= 0.3 is 0 Å². The summed E-state index contributed by atoms with van der Waals surface area (Å²) in [6.45, 7) is 13.2. The van der Waals surface area contributed by atoms with Gasteiger partial charge in [0, 0.05) is 12.5 Å². The molecule has 8 fully saturated rings. The fraction of sp³-hybridized carbons (Fsp3) is 0.956. The highest BCUT2D eigenvalue weighted by Gasteiger charge is 2.68. The molecule has 16 heteroatoms. The molecule has 5 saturated heterocycles. The van der Waals surface area contributed by atoms with Gasteiger partial charge < -0.3 is 74.0 Å². The summed E-state index contributed by atoms with van der Waals surface area (Å²) in [5.41, 5.74) is 1.41. The van der Waals surface area contributed by atoms with Gasteiger partial charge in [-0.2, -0.15) is 0 Å². The molecule has 5 heterocycles. The van der Waals surface area contributed by atoms with Crippen molar-refractivity contribution in [3.63, 3.8) is 0 Å². The second-order valence-electron chi connectivity index (χ2n) is 21.2. The minimum atomic E-state index is -1.70. The van der Waals surface area contributed by atoms with Crippen LogP contribution in [0.1, 0.15) is 99.3 Å². The maximum absolute atomic E-state index is 12.0. The van der Waals surface area contributed by atoms with Crippen molar-refractivity contribution in [2.24, 2.45) is 46.3 Å². The third kappa shape index (κ3) is 7.42. The standard InChI is InChI=1S/C45H73NO15/c1-19-9-14-45(46-17-19)20(2)30-28(61-45)16-27-25-8-7-23-15-24(10-12-43(23,5)26(25)11-13-44(27,30)6)57-42-39(60-41-36(53)34(51)32(49)22(4)56-41)37(54)38(29(18-47)58-42)59-40-35(52)33(50)31(48)21(3)55-40/h7,19-22,24-42,46-54H,8-18H2,1-6H3/t19-,20+,21+,22+,24+,25-,26+,27+,28+,29-,30+,31+,32+,33-,34-,35-,36-,37+,38-,39-,40+,41+,42-,43-,44-,45-/m1/s1. The number of piperidine rings is 1. The number of hydrogen-bond donors (Lipinski definition) is 9. The van der Waals surface area contributed by atoms with E-state index in [9.17, 15) is 40.9 Å². The molecule has 4 aliphatic carbocycles. The molecule has 0 aromatic carbocycles. The van der Waals surface area contributed by atoms with Gasteiger partial charge in [-0.05, 0) is 112 Å². The van der Waals surface area contributed by atoms with Gasteiger partial charge in [0.15, 0.2) is 18.9 Å². The topological polar surface area (TPSA) is 238 Å². The van der Waals surface area contributed by atoms with Crippen LogP contribution in [0.3, 0.4) is 0 Å². The molecular formula is C45H73NO15. The number of ether oxygens (including phenoxy) is 7. The molecule has 9 rings (SSSR count). The number of allylic oxidation sites excluding steroid dienone is 1. The Bertz CT molecular complexity index is 1600. The minimum Gasteiger partial charge on any atom is -0.394 e. The Hall–Kier alpha value is -0.900. The van der Waals surface area contributed by atoms with Gasteiger partial charge in [0.25, 0.3) is 0 Å². The predicted molar refractivity (Wildman–Crippen MR) is 215 cm³/mol. The molecule has 61 heavy (non-hydrogen) atoms. The molecular weight excluding hydrogens is 794 g/mol. The second-order valence-corrected chi connectivity index (χ2v) is 21.2.